The lowest BCUT2D eigenvalue weighted by Gasteiger charge is -2.31. The van der Waals surface area contributed by atoms with Crippen LogP contribution in [0.2, 0.25) is 0 Å². The lowest BCUT2D eigenvalue weighted by atomic mass is 10.1. The zero-order valence-corrected chi connectivity index (χ0v) is 17.7. The van der Waals surface area contributed by atoms with Crippen LogP contribution in [-0.4, -0.2) is 42.3 Å². The molecule has 4 rings (SSSR count). The van der Waals surface area contributed by atoms with Crippen LogP contribution in [0, 0.1) is 0 Å². The van der Waals surface area contributed by atoms with Crippen LogP contribution in [0.15, 0.2) is 66.7 Å². The second kappa shape index (κ2) is 8.60. The number of nitrogens with one attached hydrogen (secondary N) is 1. The number of hydrogen-bond acceptors (Lipinski definition) is 3. The second-order valence-electron chi connectivity index (χ2n) is 7.62. The van der Waals surface area contributed by atoms with Gasteiger partial charge in [-0.25, -0.2) is 0 Å². The quantitative estimate of drug-likeness (QED) is 0.643. The molecule has 6 nitrogen and oxygen atoms in total. The van der Waals surface area contributed by atoms with Gasteiger partial charge >= 0.3 is 0 Å². The molecule has 0 aromatic heterocycles. The van der Waals surface area contributed by atoms with Gasteiger partial charge < -0.3 is 10.2 Å². The Morgan fingerprint density at radius 1 is 1.00 bits per heavy atom. The number of amides is 3. The highest BCUT2D eigenvalue weighted by atomic mass is 16.2. The molecule has 0 radical (unpaired) electrons. The molecule has 0 saturated carbocycles. The maximum absolute atomic E-state index is 13.5. The number of benzene rings is 3. The Bertz CT molecular complexity index is 1140. The van der Waals surface area contributed by atoms with Gasteiger partial charge in [0.05, 0.1) is 5.69 Å². The van der Waals surface area contributed by atoms with Gasteiger partial charge in [-0.05, 0) is 29.5 Å². The summed E-state index contributed by atoms with van der Waals surface area (Å²) in [6.45, 7) is 2.06. The van der Waals surface area contributed by atoms with E-state index in [1.807, 2.05) is 67.6 Å². The molecule has 3 amide bonds. The van der Waals surface area contributed by atoms with E-state index in [2.05, 4.69) is 5.32 Å². The molecule has 0 saturated heterocycles. The van der Waals surface area contributed by atoms with Gasteiger partial charge in [0.1, 0.15) is 12.6 Å². The summed E-state index contributed by atoms with van der Waals surface area (Å²) < 4.78 is 0. The van der Waals surface area contributed by atoms with Gasteiger partial charge in [0.2, 0.25) is 11.8 Å². The summed E-state index contributed by atoms with van der Waals surface area (Å²) in [5, 5.41) is 4.50. The summed E-state index contributed by atoms with van der Waals surface area (Å²) in [5.41, 5.74) is 2.27. The first-order valence-electron chi connectivity index (χ1n) is 10.4. The largest absolute Gasteiger partial charge is 0.357 e. The van der Waals surface area contributed by atoms with E-state index in [0.29, 0.717) is 18.5 Å². The number of nitrogens with zero attached hydrogens (tertiary/aromatic N) is 2. The number of hydrogen-bond donors (Lipinski definition) is 1. The smallest absolute Gasteiger partial charge is 0.259 e. The Morgan fingerprint density at radius 3 is 2.39 bits per heavy atom. The van der Waals surface area contributed by atoms with Crippen molar-refractivity contribution in [3.05, 3.63) is 77.9 Å². The first-order chi connectivity index (χ1) is 15.0. The van der Waals surface area contributed by atoms with Gasteiger partial charge in [0.15, 0.2) is 0 Å². The van der Waals surface area contributed by atoms with Crippen LogP contribution in [0.3, 0.4) is 0 Å². The Labute approximate surface area is 181 Å². The van der Waals surface area contributed by atoms with Crippen molar-refractivity contribution in [1.82, 2.24) is 10.2 Å². The van der Waals surface area contributed by atoms with E-state index in [4.69, 9.17) is 0 Å². The van der Waals surface area contributed by atoms with Gasteiger partial charge in [0, 0.05) is 24.5 Å². The molecule has 1 aliphatic rings. The molecular formula is C25H25N3O3. The van der Waals surface area contributed by atoms with E-state index in [9.17, 15) is 14.4 Å². The lowest BCUT2D eigenvalue weighted by Crippen LogP contribution is -2.51. The molecule has 1 heterocycles. The summed E-state index contributed by atoms with van der Waals surface area (Å²) >= 11 is 0. The summed E-state index contributed by atoms with van der Waals surface area (Å²) in [6, 6.07) is 20.3. The normalized spacial score (nSPS) is 13.4. The first kappa shape index (κ1) is 20.6. The molecule has 0 aliphatic carbocycles. The molecule has 158 valence electrons. The molecule has 1 unspecified atom stereocenters. The molecule has 6 heteroatoms. The van der Waals surface area contributed by atoms with E-state index < -0.39 is 6.04 Å². The molecule has 3 aromatic rings. The van der Waals surface area contributed by atoms with Crippen LogP contribution in [0.5, 0.6) is 0 Å². The molecule has 1 N–H and O–H groups in total. The Hall–Kier alpha value is -3.67. The van der Waals surface area contributed by atoms with Gasteiger partial charge in [0.25, 0.3) is 5.91 Å². The third-order valence-electron chi connectivity index (χ3n) is 5.77. The molecular weight excluding hydrogens is 390 g/mol. The molecule has 3 aromatic carbocycles. The third kappa shape index (κ3) is 3.77. The Morgan fingerprint density at radius 2 is 1.71 bits per heavy atom. The number of anilines is 1. The van der Waals surface area contributed by atoms with E-state index >= 15 is 0 Å². The van der Waals surface area contributed by atoms with E-state index in [0.717, 1.165) is 22.0 Å². The van der Waals surface area contributed by atoms with Crippen LogP contribution >= 0.6 is 0 Å². The van der Waals surface area contributed by atoms with Crippen molar-refractivity contribution < 1.29 is 14.4 Å². The standard InChI is InChI=1S/C25H25N3O3/c1-3-20(24(30)26-2)27(15-17-9-5-4-6-10-17)22(29)16-28-21-14-8-12-18-11-7-13-19(23(18)21)25(28)31/h4-14,20H,3,15-16H2,1-2H3,(H,26,30). The second-order valence-corrected chi connectivity index (χ2v) is 7.62. The van der Waals surface area contributed by atoms with Crippen molar-refractivity contribution >= 4 is 34.2 Å². The maximum atomic E-state index is 13.5. The highest BCUT2D eigenvalue weighted by molar-refractivity contribution is 6.26. The SMILES string of the molecule is CCC(C(=O)NC)N(Cc1ccccc1)C(=O)CN1C(=O)c2cccc3cccc1c23. The number of rotatable bonds is 7. The van der Waals surface area contributed by atoms with Crippen molar-refractivity contribution in [1.29, 1.82) is 0 Å². The minimum absolute atomic E-state index is 0.118. The van der Waals surface area contributed by atoms with Gasteiger partial charge in [-0.3, -0.25) is 19.3 Å². The molecule has 0 bridgehead atoms. The van der Waals surface area contributed by atoms with Gasteiger partial charge in [-0.2, -0.15) is 0 Å². The van der Waals surface area contributed by atoms with E-state index in [-0.39, 0.29) is 24.3 Å². The van der Waals surface area contributed by atoms with Crippen LogP contribution < -0.4 is 10.2 Å². The summed E-state index contributed by atoms with van der Waals surface area (Å²) in [4.78, 5) is 42.2. The van der Waals surface area contributed by atoms with Crippen molar-refractivity contribution in [3.8, 4) is 0 Å². The number of carbonyl (C=O) groups is 3. The Balaban J connectivity index is 1.66. The van der Waals surface area contributed by atoms with Crippen LogP contribution in [0.25, 0.3) is 10.8 Å². The van der Waals surface area contributed by atoms with Crippen LogP contribution in [-0.2, 0) is 16.1 Å². The van der Waals surface area contributed by atoms with Crippen molar-refractivity contribution in [3.63, 3.8) is 0 Å². The third-order valence-corrected chi connectivity index (χ3v) is 5.77. The fourth-order valence-corrected chi connectivity index (χ4v) is 4.23. The fourth-order valence-electron chi connectivity index (χ4n) is 4.23. The molecule has 1 atom stereocenters. The minimum atomic E-state index is -0.617. The van der Waals surface area contributed by atoms with Crippen LogP contribution in [0.1, 0.15) is 29.3 Å². The summed E-state index contributed by atoms with van der Waals surface area (Å²) in [5.74, 6) is -0.671. The zero-order chi connectivity index (χ0) is 22.0. The fraction of sp³-hybridized carbons (Fsp3) is 0.240. The maximum Gasteiger partial charge on any atom is 0.259 e. The topological polar surface area (TPSA) is 69.7 Å². The highest BCUT2D eigenvalue weighted by Crippen LogP contribution is 2.37. The summed E-state index contributed by atoms with van der Waals surface area (Å²) in [7, 11) is 1.57. The average molecular weight is 415 g/mol. The van der Waals surface area contributed by atoms with Crippen molar-refractivity contribution in [2.45, 2.75) is 25.9 Å². The number of likely N-dealkylation sites (N-methyl/N-ethyl adjacent to an activating group) is 1. The average Bonchev–Trinajstić information content (AvgIpc) is 3.07. The van der Waals surface area contributed by atoms with E-state index in [1.54, 1.807) is 18.0 Å². The first-order valence-corrected chi connectivity index (χ1v) is 10.4. The van der Waals surface area contributed by atoms with Crippen molar-refractivity contribution in [2.75, 3.05) is 18.5 Å². The predicted molar refractivity (Wildman–Crippen MR) is 121 cm³/mol. The minimum Gasteiger partial charge on any atom is -0.357 e. The molecule has 0 spiro atoms. The predicted octanol–water partition coefficient (Wildman–Crippen LogP) is 3.35. The highest BCUT2D eigenvalue weighted by Gasteiger charge is 2.34. The van der Waals surface area contributed by atoms with Gasteiger partial charge in [-0.15, -0.1) is 0 Å². The van der Waals surface area contributed by atoms with Crippen LogP contribution in [0.4, 0.5) is 5.69 Å². The van der Waals surface area contributed by atoms with Gasteiger partial charge in [-0.1, -0.05) is 61.5 Å². The van der Waals surface area contributed by atoms with Crippen molar-refractivity contribution in [2.24, 2.45) is 0 Å². The molecule has 31 heavy (non-hydrogen) atoms. The molecule has 0 fully saturated rings. The molecule has 1 aliphatic heterocycles. The number of carbonyl (C=O) groups excluding carboxylic acids is 3. The lowest BCUT2D eigenvalue weighted by molar-refractivity contribution is -0.140. The zero-order valence-electron chi connectivity index (χ0n) is 17.7. The van der Waals surface area contributed by atoms with E-state index in [1.165, 1.54) is 4.90 Å². The summed E-state index contributed by atoms with van der Waals surface area (Å²) in [6.07, 6.45) is 0.474. The monoisotopic (exact) mass is 415 g/mol. The Kier molecular flexibility index (Phi) is 5.71.